The average Bonchev–Trinajstić information content (AvgIpc) is 2.47. The van der Waals surface area contributed by atoms with Crippen molar-refractivity contribution in [2.24, 2.45) is 0 Å². The van der Waals surface area contributed by atoms with Gasteiger partial charge in [0.2, 0.25) is 5.82 Å². The zero-order valence-electron chi connectivity index (χ0n) is 7.80. The number of hydrogen-bond acceptors (Lipinski definition) is 3. The highest BCUT2D eigenvalue weighted by atomic mass is 35.5. The van der Waals surface area contributed by atoms with Gasteiger partial charge in [0.15, 0.2) is 5.15 Å². The van der Waals surface area contributed by atoms with Crippen LogP contribution in [0.25, 0.3) is 0 Å². The molecule has 78 valence electrons. The molecule has 0 aromatic carbocycles. The first-order valence-corrected chi connectivity index (χ1v) is 4.92. The molecule has 0 radical (unpaired) electrons. The molecule has 1 unspecified atom stereocenters. The fraction of sp³-hybridized carbons (Fsp3) is 0.500. The number of aromatic nitrogens is 2. The number of rotatable bonds is 3. The Morgan fingerprint density at radius 3 is 2.71 bits per heavy atom. The van der Waals surface area contributed by atoms with Gasteiger partial charge in [-0.25, -0.2) is 9.78 Å². The molecule has 4 nitrogen and oxygen atoms in total. The van der Waals surface area contributed by atoms with Gasteiger partial charge in [-0.15, -0.1) is 0 Å². The minimum atomic E-state index is -0.548. The van der Waals surface area contributed by atoms with Crippen molar-refractivity contribution in [3.8, 4) is 0 Å². The highest BCUT2D eigenvalue weighted by molar-refractivity contribution is 6.40. The maximum atomic E-state index is 11.3. The minimum Gasteiger partial charge on any atom is -0.457 e. The molecule has 14 heavy (non-hydrogen) atoms. The summed E-state index contributed by atoms with van der Waals surface area (Å²) in [6.07, 6.45) is 0.596. The fourth-order valence-corrected chi connectivity index (χ4v) is 1.01. The van der Waals surface area contributed by atoms with Crippen molar-refractivity contribution >= 4 is 29.2 Å². The molecule has 1 atom stereocenters. The summed E-state index contributed by atoms with van der Waals surface area (Å²) in [4.78, 5) is 17.6. The number of H-pyrrole nitrogens is 1. The molecule has 1 aromatic rings. The van der Waals surface area contributed by atoms with Crippen LogP contribution in [-0.2, 0) is 4.74 Å². The minimum absolute atomic E-state index is 0.0281. The van der Waals surface area contributed by atoms with E-state index in [0.717, 1.165) is 6.42 Å². The van der Waals surface area contributed by atoms with E-state index in [1.807, 2.05) is 6.92 Å². The topological polar surface area (TPSA) is 55.0 Å². The molecule has 0 aliphatic rings. The van der Waals surface area contributed by atoms with E-state index in [0.29, 0.717) is 0 Å². The van der Waals surface area contributed by atoms with Crippen molar-refractivity contribution in [3.63, 3.8) is 0 Å². The molecular formula is C8H10Cl2N2O2. The summed E-state index contributed by atoms with van der Waals surface area (Å²) in [5.74, 6) is -0.520. The molecule has 0 fully saturated rings. The van der Waals surface area contributed by atoms with Crippen LogP contribution in [0.5, 0.6) is 0 Å². The zero-order valence-corrected chi connectivity index (χ0v) is 9.32. The van der Waals surface area contributed by atoms with Crippen LogP contribution >= 0.6 is 23.2 Å². The van der Waals surface area contributed by atoms with E-state index < -0.39 is 5.97 Å². The lowest BCUT2D eigenvalue weighted by Crippen LogP contribution is -2.15. The number of halogens is 2. The molecule has 0 saturated carbocycles. The molecule has 1 heterocycles. The lowest BCUT2D eigenvalue weighted by atomic mass is 10.3. The molecule has 0 aliphatic carbocycles. The smallest absolute Gasteiger partial charge is 0.374 e. The largest absolute Gasteiger partial charge is 0.457 e. The van der Waals surface area contributed by atoms with Crippen molar-refractivity contribution in [2.75, 3.05) is 0 Å². The standard InChI is InChI=1S/C8H10Cl2N2O2/c1-3-4(2)14-8(13)7-11-5(9)6(10)12-7/h4H,3H2,1-2H3,(H,11,12). The first kappa shape index (κ1) is 11.3. The highest BCUT2D eigenvalue weighted by Gasteiger charge is 2.16. The summed E-state index contributed by atoms with van der Waals surface area (Å²) < 4.78 is 5.00. The first-order valence-electron chi connectivity index (χ1n) is 4.16. The van der Waals surface area contributed by atoms with Gasteiger partial charge in [0, 0.05) is 0 Å². The molecular weight excluding hydrogens is 227 g/mol. The van der Waals surface area contributed by atoms with Crippen molar-refractivity contribution < 1.29 is 9.53 Å². The second-order valence-corrected chi connectivity index (χ2v) is 3.55. The zero-order chi connectivity index (χ0) is 10.7. The van der Waals surface area contributed by atoms with Crippen molar-refractivity contribution in [2.45, 2.75) is 26.4 Å². The molecule has 0 amide bonds. The van der Waals surface area contributed by atoms with Gasteiger partial charge in [0.05, 0.1) is 6.10 Å². The summed E-state index contributed by atoms with van der Waals surface area (Å²) in [5, 5.41) is 0.213. The quantitative estimate of drug-likeness (QED) is 0.822. The molecule has 1 N–H and O–H groups in total. The van der Waals surface area contributed by atoms with E-state index in [1.54, 1.807) is 6.92 Å². The number of nitrogens with zero attached hydrogens (tertiary/aromatic N) is 1. The molecule has 1 rings (SSSR count). The summed E-state index contributed by atoms with van der Waals surface area (Å²) in [5.41, 5.74) is 0. The normalized spacial score (nSPS) is 12.6. The summed E-state index contributed by atoms with van der Waals surface area (Å²) >= 11 is 11.1. The summed E-state index contributed by atoms with van der Waals surface area (Å²) in [6.45, 7) is 3.71. The second kappa shape index (κ2) is 4.66. The van der Waals surface area contributed by atoms with Crippen molar-refractivity contribution in [1.82, 2.24) is 9.97 Å². The number of imidazole rings is 1. The molecule has 6 heteroatoms. The van der Waals surface area contributed by atoms with Gasteiger partial charge < -0.3 is 9.72 Å². The van der Waals surface area contributed by atoms with Crippen LogP contribution in [0.1, 0.15) is 30.9 Å². The number of hydrogen-bond donors (Lipinski definition) is 1. The van der Waals surface area contributed by atoms with Gasteiger partial charge in [-0.1, -0.05) is 30.1 Å². The Bertz CT molecular complexity index is 319. The van der Waals surface area contributed by atoms with Crippen LogP contribution < -0.4 is 0 Å². The number of nitrogens with one attached hydrogen (secondary N) is 1. The van der Waals surface area contributed by atoms with Gasteiger partial charge in [-0.3, -0.25) is 0 Å². The van der Waals surface area contributed by atoms with Gasteiger partial charge in [-0.05, 0) is 13.3 Å². The Balaban J connectivity index is 2.70. The van der Waals surface area contributed by atoms with E-state index >= 15 is 0 Å². The summed E-state index contributed by atoms with van der Waals surface area (Å²) in [6, 6.07) is 0. The Kier molecular flexibility index (Phi) is 3.77. The molecule has 0 saturated heterocycles. The molecule has 0 aliphatic heterocycles. The van der Waals surface area contributed by atoms with E-state index in [-0.39, 0.29) is 22.2 Å². The predicted octanol–water partition coefficient (Wildman–Crippen LogP) is 2.67. The highest BCUT2D eigenvalue weighted by Crippen LogP contribution is 2.18. The molecule has 1 aromatic heterocycles. The number of aromatic amines is 1. The van der Waals surface area contributed by atoms with E-state index in [2.05, 4.69) is 9.97 Å². The maximum absolute atomic E-state index is 11.3. The van der Waals surface area contributed by atoms with Crippen LogP contribution in [0.3, 0.4) is 0 Å². The van der Waals surface area contributed by atoms with Crippen molar-refractivity contribution in [3.05, 3.63) is 16.1 Å². The number of carbonyl (C=O) groups excluding carboxylic acids is 1. The number of carbonyl (C=O) groups is 1. The van der Waals surface area contributed by atoms with Gasteiger partial charge in [0.1, 0.15) is 5.15 Å². The maximum Gasteiger partial charge on any atom is 0.374 e. The van der Waals surface area contributed by atoms with Crippen LogP contribution in [0.4, 0.5) is 0 Å². The monoisotopic (exact) mass is 236 g/mol. The van der Waals surface area contributed by atoms with Gasteiger partial charge in [0.25, 0.3) is 0 Å². The van der Waals surface area contributed by atoms with Crippen LogP contribution in [-0.4, -0.2) is 22.0 Å². The fourth-order valence-electron chi connectivity index (χ4n) is 0.749. The van der Waals surface area contributed by atoms with E-state index in [4.69, 9.17) is 27.9 Å². The first-order chi connectivity index (χ1) is 6.54. The van der Waals surface area contributed by atoms with E-state index in [9.17, 15) is 4.79 Å². The average molecular weight is 237 g/mol. The molecule has 0 spiro atoms. The van der Waals surface area contributed by atoms with Gasteiger partial charge in [-0.2, -0.15) is 0 Å². The predicted molar refractivity (Wildman–Crippen MR) is 53.8 cm³/mol. The van der Waals surface area contributed by atoms with Crippen LogP contribution in [0.15, 0.2) is 0 Å². The van der Waals surface area contributed by atoms with E-state index in [1.165, 1.54) is 0 Å². The Morgan fingerprint density at radius 1 is 1.64 bits per heavy atom. The second-order valence-electron chi connectivity index (χ2n) is 2.81. The number of esters is 1. The third kappa shape index (κ3) is 2.62. The Labute approximate surface area is 91.6 Å². The third-order valence-corrected chi connectivity index (χ3v) is 2.34. The third-order valence-electron chi connectivity index (χ3n) is 1.70. The number of ether oxygens (including phenoxy) is 1. The molecule has 0 bridgehead atoms. The lowest BCUT2D eigenvalue weighted by molar-refractivity contribution is 0.0321. The Morgan fingerprint density at radius 2 is 2.29 bits per heavy atom. The summed E-state index contributed by atoms with van der Waals surface area (Å²) in [7, 11) is 0. The van der Waals surface area contributed by atoms with Crippen molar-refractivity contribution in [1.29, 1.82) is 0 Å². The lowest BCUT2D eigenvalue weighted by Gasteiger charge is -2.08. The van der Waals surface area contributed by atoms with Crippen LogP contribution in [0, 0.1) is 0 Å². The Hall–Kier alpha value is -0.740. The van der Waals surface area contributed by atoms with Gasteiger partial charge >= 0.3 is 5.97 Å². The van der Waals surface area contributed by atoms with Crippen LogP contribution in [0.2, 0.25) is 10.3 Å². The SMILES string of the molecule is CCC(C)OC(=O)c1nc(Cl)c(Cl)[nH]1.